The number of rotatable bonds is 4. The number of carboxylic acid groups (broad SMARTS) is 2. The average molecular weight is 396 g/mol. The molecule has 2 rings (SSSR count). The zero-order valence-corrected chi connectivity index (χ0v) is 14.8. The van der Waals surface area contributed by atoms with Crippen LogP contribution >= 0.6 is 0 Å². The maximum Gasteiger partial charge on any atom is 2.00 e. The minimum atomic E-state index is -1.12. The normalized spacial score (nSPS) is 16.3. The van der Waals surface area contributed by atoms with Gasteiger partial charge in [0.05, 0.1) is 0 Å². The molecule has 0 aliphatic heterocycles. The van der Waals surface area contributed by atoms with Crippen molar-refractivity contribution < 1.29 is 47.1 Å². The Hall–Kier alpha value is -3.02. The Balaban J connectivity index is 0.000000464. The number of hydrogen-bond donors (Lipinski definition) is 2. The van der Waals surface area contributed by atoms with E-state index in [1.54, 1.807) is 36.5 Å². The Kier molecular flexibility index (Phi) is 10.2. The fourth-order valence-corrected chi connectivity index (χ4v) is 1.80. The largest absolute Gasteiger partial charge is 2.00 e. The molecule has 0 spiro atoms. The third kappa shape index (κ3) is 8.19. The van der Waals surface area contributed by atoms with Crippen LogP contribution in [-0.4, -0.2) is 22.2 Å². The predicted molar refractivity (Wildman–Crippen MR) is 88.8 cm³/mol. The van der Waals surface area contributed by atoms with E-state index in [0.29, 0.717) is 11.1 Å². The second kappa shape index (κ2) is 11.5. The molecule has 0 unspecified atom stereocenters. The van der Waals surface area contributed by atoms with Gasteiger partial charge in [-0.1, -0.05) is 54.7 Å². The molecule has 2 aliphatic rings. The van der Waals surface area contributed by atoms with E-state index in [9.17, 15) is 19.8 Å². The van der Waals surface area contributed by atoms with Gasteiger partial charge in [0.15, 0.2) is 0 Å². The molecule has 0 heterocycles. The van der Waals surface area contributed by atoms with Crippen LogP contribution < -0.4 is 10.2 Å². The summed E-state index contributed by atoms with van der Waals surface area (Å²) < 4.78 is 0. The number of aliphatic carboxylic acids is 2. The van der Waals surface area contributed by atoms with Crippen molar-refractivity contribution in [3.8, 4) is 0 Å². The smallest absolute Gasteiger partial charge is 0.872 e. The molecule has 0 amide bonds. The van der Waals surface area contributed by atoms with E-state index in [2.05, 4.69) is 0 Å². The number of allylic oxidation sites excluding steroid dienone is 12. The Morgan fingerprint density at radius 2 is 1.35 bits per heavy atom. The summed E-state index contributed by atoms with van der Waals surface area (Å²) in [7, 11) is 0. The molecular weight excluding hydrogens is 380 g/mol. The molecule has 0 radical (unpaired) electrons. The Morgan fingerprint density at radius 3 is 1.77 bits per heavy atom. The molecule has 0 aromatic carbocycles. The van der Waals surface area contributed by atoms with Crippen LogP contribution in [0.1, 0.15) is 6.92 Å². The van der Waals surface area contributed by atoms with Crippen molar-refractivity contribution in [2.45, 2.75) is 6.92 Å². The average Bonchev–Trinajstić information content (AvgIpc) is 3.22. The van der Waals surface area contributed by atoms with Crippen molar-refractivity contribution >= 4 is 11.9 Å². The molecule has 0 aromatic heterocycles. The van der Waals surface area contributed by atoms with Crippen molar-refractivity contribution in [3.05, 3.63) is 95.1 Å². The molecule has 0 bridgehead atoms. The fraction of sp³-hybridized carbons (Fsp3) is 0.0526. The summed E-state index contributed by atoms with van der Waals surface area (Å²) in [5.74, 6) is -2.79. The van der Waals surface area contributed by atoms with Crippen LogP contribution in [0, 0.1) is 0 Å². The zero-order chi connectivity index (χ0) is 18.8. The van der Waals surface area contributed by atoms with Crippen molar-refractivity contribution in [3.63, 3.8) is 0 Å². The predicted octanol–water partition coefficient (Wildman–Crippen LogP) is 1.12. The summed E-state index contributed by atoms with van der Waals surface area (Å²) in [5.41, 5.74) is 1.92. The van der Waals surface area contributed by atoms with Crippen LogP contribution in [0.15, 0.2) is 95.1 Å². The second-order valence-corrected chi connectivity index (χ2v) is 4.87. The summed E-state index contributed by atoms with van der Waals surface area (Å²) in [5, 5.41) is 38.9. The van der Waals surface area contributed by atoms with Crippen molar-refractivity contribution in [2.24, 2.45) is 0 Å². The van der Waals surface area contributed by atoms with Gasteiger partial charge >= 0.3 is 29.0 Å². The third-order valence-electron chi connectivity index (χ3n) is 3.00. The summed E-state index contributed by atoms with van der Waals surface area (Å²) in [6.07, 6.45) is 15.7. The van der Waals surface area contributed by atoms with Crippen molar-refractivity contribution in [1.82, 2.24) is 0 Å². The molecule has 7 heteroatoms. The van der Waals surface area contributed by atoms with Gasteiger partial charge in [-0.3, -0.25) is 0 Å². The van der Waals surface area contributed by atoms with Gasteiger partial charge in [0.1, 0.15) is 0 Å². The summed E-state index contributed by atoms with van der Waals surface area (Å²) in [6.45, 7) is 1.81. The molecule has 2 N–H and O–H groups in total. The van der Waals surface area contributed by atoms with Crippen molar-refractivity contribution in [2.75, 3.05) is 0 Å². The van der Waals surface area contributed by atoms with E-state index in [4.69, 9.17) is 10.2 Å². The standard InChI is InChI=1S/C10H10O3.C9H8O3.Fe/c1-7-3-2-4-8(7)9(11)5-6-10(12)13;10-8(5-6-9(11)12)7-3-1-2-4-7;/h2-6,11H,1H3,(H,12,13);1-6,10H,(H,11,12);/q;;+2/p-2. The SMILES string of the molecule is CC1=CC=CC1=C([O-])C=CC(=O)O.O=C(O)C=CC([O-])=C1C=CC=C1.[Fe+2]. The maximum absolute atomic E-state index is 11.3. The van der Waals surface area contributed by atoms with E-state index in [-0.39, 0.29) is 28.6 Å². The second-order valence-electron chi connectivity index (χ2n) is 4.87. The van der Waals surface area contributed by atoms with Crippen LogP contribution in [0.3, 0.4) is 0 Å². The van der Waals surface area contributed by atoms with Gasteiger partial charge < -0.3 is 20.4 Å². The van der Waals surface area contributed by atoms with Crippen LogP contribution in [0.2, 0.25) is 0 Å². The molecule has 0 atom stereocenters. The van der Waals surface area contributed by atoms with Gasteiger partial charge in [-0.2, -0.15) is 0 Å². The van der Waals surface area contributed by atoms with E-state index in [1.807, 2.05) is 13.0 Å². The summed E-state index contributed by atoms with van der Waals surface area (Å²) in [6, 6.07) is 0. The molecule has 0 saturated carbocycles. The van der Waals surface area contributed by atoms with E-state index in [1.165, 1.54) is 0 Å². The molecule has 0 fully saturated rings. The topological polar surface area (TPSA) is 121 Å². The number of carbonyl (C=O) groups is 2. The Morgan fingerprint density at radius 1 is 0.846 bits per heavy atom. The van der Waals surface area contributed by atoms with Crippen LogP contribution in [0.5, 0.6) is 0 Å². The number of hydrogen-bond acceptors (Lipinski definition) is 4. The molecule has 2 aliphatic carbocycles. The first kappa shape index (κ1) is 23.0. The first-order valence-corrected chi connectivity index (χ1v) is 7.16. The zero-order valence-electron chi connectivity index (χ0n) is 13.7. The van der Waals surface area contributed by atoms with Crippen LogP contribution in [0.25, 0.3) is 0 Å². The van der Waals surface area contributed by atoms with E-state index >= 15 is 0 Å². The minimum absolute atomic E-state index is 0. The summed E-state index contributed by atoms with van der Waals surface area (Å²) in [4.78, 5) is 20.2. The van der Waals surface area contributed by atoms with E-state index < -0.39 is 11.9 Å². The van der Waals surface area contributed by atoms with Gasteiger partial charge in [-0.05, 0) is 23.6 Å². The van der Waals surface area contributed by atoms with Gasteiger partial charge in [0.2, 0.25) is 0 Å². The first-order valence-electron chi connectivity index (χ1n) is 7.16. The molecule has 0 saturated heterocycles. The minimum Gasteiger partial charge on any atom is -0.872 e. The maximum atomic E-state index is 11.3. The van der Waals surface area contributed by atoms with Crippen molar-refractivity contribution in [1.29, 1.82) is 0 Å². The molecular formula is C19H16FeO6. The fourth-order valence-electron chi connectivity index (χ4n) is 1.80. The first-order chi connectivity index (χ1) is 11.8. The van der Waals surface area contributed by atoms with Gasteiger partial charge in [0.25, 0.3) is 0 Å². The Bertz CT molecular complexity index is 775. The molecule has 0 aromatic rings. The van der Waals surface area contributed by atoms with E-state index in [0.717, 1.165) is 29.9 Å². The number of carboxylic acids is 2. The molecule has 136 valence electrons. The van der Waals surface area contributed by atoms with Gasteiger partial charge in [0, 0.05) is 12.2 Å². The Labute approximate surface area is 161 Å². The van der Waals surface area contributed by atoms with Gasteiger partial charge in [-0.25, -0.2) is 9.59 Å². The molecule has 6 nitrogen and oxygen atoms in total. The monoisotopic (exact) mass is 396 g/mol. The van der Waals surface area contributed by atoms with Crippen LogP contribution in [0.4, 0.5) is 0 Å². The summed E-state index contributed by atoms with van der Waals surface area (Å²) >= 11 is 0. The van der Waals surface area contributed by atoms with Crippen LogP contribution in [-0.2, 0) is 26.7 Å². The quantitative estimate of drug-likeness (QED) is 0.418. The van der Waals surface area contributed by atoms with Gasteiger partial charge in [-0.15, -0.1) is 11.5 Å². The third-order valence-corrected chi connectivity index (χ3v) is 3.00. The molecule has 26 heavy (non-hydrogen) atoms.